The van der Waals surface area contributed by atoms with Gasteiger partial charge in [-0.2, -0.15) is 0 Å². The highest BCUT2D eigenvalue weighted by Crippen LogP contribution is 2.26. The van der Waals surface area contributed by atoms with Gasteiger partial charge >= 0.3 is 4.87 Å². The maximum atomic E-state index is 12.4. The van der Waals surface area contributed by atoms with Gasteiger partial charge in [0.2, 0.25) is 0 Å². The maximum absolute atomic E-state index is 12.4. The van der Waals surface area contributed by atoms with Crippen molar-refractivity contribution in [2.75, 3.05) is 4.72 Å². The largest absolute Gasteiger partial charge is 0.315 e. The van der Waals surface area contributed by atoms with E-state index in [1.165, 1.54) is 0 Å². The number of aromatic amines is 1. The van der Waals surface area contributed by atoms with Crippen molar-refractivity contribution in [1.82, 2.24) is 4.98 Å². The third-order valence-electron chi connectivity index (χ3n) is 3.00. The number of hydrogen-bond acceptors (Lipinski definition) is 4. The molecule has 0 amide bonds. The van der Waals surface area contributed by atoms with Crippen molar-refractivity contribution in [1.29, 1.82) is 0 Å². The van der Waals surface area contributed by atoms with E-state index < -0.39 is 10.0 Å². The van der Waals surface area contributed by atoms with Gasteiger partial charge in [0, 0.05) is 5.69 Å². The van der Waals surface area contributed by atoms with E-state index in [1.54, 1.807) is 6.92 Å². The van der Waals surface area contributed by atoms with Crippen molar-refractivity contribution >= 4 is 27.0 Å². The third kappa shape index (κ3) is 2.78. The average molecular weight is 312 g/mol. The van der Waals surface area contributed by atoms with Crippen LogP contribution in [-0.4, -0.2) is 13.4 Å². The quantitative estimate of drug-likeness (QED) is 0.910. The Hall–Kier alpha value is -1.60. The molecule has 1 aromatic carbocycles. The number of sulfonamides is 1. The van der Waals surface area contributed by atoms with E-state index in [0.717, 1.165) is 17.5 Å². The molecule has 7 heteroatoms. The molecule has 2 N–H and O–H groups in total. The number of thiazole rings is 1. The number of aromatic nitrogens is 1. The highest BCUT2D eigenvalue weighted by molar-refractivity contribution is 7.94. The van der Waals surface area contributed by atoms with Crippen molar-refractivity contribution in [3.63, 3.8) is 0 Å². The van der Waals surface area contributed by atoms with Gasteiger partial charge < -0.3 is 4.98 Å². The summed E-state index contributed by atoms with van der Waals surface area (Å²) in [7, 11) is -3.74. The molecule has 0 unspecified atom stereocenters. The summed E-state index contributed by atoms with van der Waals surface area (Å²) in [4.78, 5) is 13.4. The van der Waals surface area contributed by atoms with E-state index in [-0.39, 0.29) is 9.08 Å². The minimum atomic E-state index is -3.74. The molecule has 0 atom stereocenters. The molecule has 0 bridgehead atoms. The molecule has 0 fully saturated rings. The van der Waals surface area contributed by atoms with E-state index in [4.69, 9.17) is 0 Å². The molecule has 0 spiro atoms. The van der Waals surface area contributed by atoms with Crippen molar-refractivity contribution in [3.05, 3.63) is 44.7 Å². The topological polar surface area (TPSA) is 79.0 Å². The first-order valence-corrected chi connectivity index (χ1v) is 8.46. The number of benzene rings is 1. The Morgan fingerprint density at radius 1 is 1.30 bits per heavy atom. The standard InChI is InChI=1S/C13H16N2O3S2/c1-4-10-7-5-6-8(2)11(10)15-20(17,18)12-9(3)14-13(16)19-12/h5-7,15H,4H2,1-3H3,(H,14,16). The SMILES string of the molecule is CCc1cccc(C)c1NS(=O)(=O)c1sc(=O)[nH]c1C. The van der Waals surface area contributed by atoms with Crippen LogP contribution < -0.4 is 9.60 Å². The molecule has 20 heavy (non-hydrogen) atoms. The summed E-state index contributed by atoms with van der Waals surface area (Å²) in [6.45, 7) is 5.39. The molecule has 0 aliphatic rings. The Morgan fingerprint density at radius 2 is 2.00 bits per heavy atom. The van der Waals surface area contributed by atoms with Crippen molar-refractivity contribution in [2.45, 2.75) is 31.4 Å². The molecule has 1 heterocycles. The lowest BCUT2D eigenvalue weighted by Crippen LogP contribution is -2.15. The second-order valence-corrected chi connectivity index (χ2v) is 7.36. The van der Waals surface area contributed by atoms with Gasteiger partial charge in [0.05, 0.1) is 5.69 Å². The first kappa shape index (κ1) is 14.8. The van der Waals surface area contributed by atoms with Crippen molar-refractivity contribution in [3.8, 4) is 0 Å². The fourth-order valence-electron chi connectivity index (χ4n) is 2.00. The lowest BCUT2D eigenvalue weighted by Gasteiger charge is -2.13. The molecule has 2 aromatic rings. The van der Waals surface area contributed by atoms with Crippen LogP contribution >= 0.6 is 11.3 Å². The van der Waals surface area contributed by atoms with Gasteiger partial charge in [-0.15, -0.1) is 0 Å². The molecule has 0 saturated carbocycles. The van der Waals surface area contributed by atoms with Gasteiger partial charge in [-0.3, -0.25) is 9.52 Å². The fraction of sp³-hybridized carbons (Fsp3) is 0.308. The minimum Gasteiger partial charge on any atom is -0.315 e. The molecule has 5 nitrogen and oxygen atoms in total. The lowest BCUT2D eigenvalue weighted by atomic mass is 10.1. The van der Waals surface area contributed by atoms with E-state index >= 15 is 0 Å². The van der Waals surface area contributed by atoms with Gasteiger partial charge in [-0.1, -0.05) is 36.5 Å². The first-order chi connectivity index (χ1) is 9.35. The van der Waals surface area contributed by atoms with E-state index in [9.17, 15) is 13.2 Å². The highest BCUT2D eigenvalue weighted by Gasteiger charge is 2.22. The van der Waals surface area contributed by atoms with Gasteiger partial charge in [0.1, 0.15) is 0 Å². The summed E-state index contributed by atoms with van der Waals surface area (Å²) in [6.07, 6.45) is 0.724. The Labute approximate surface area is 121 Å². The Balaban J connectivity index is 2.49. The minimum absolute atomic E-state index is 0.0350. The summed E-state index contributed by atoms with van der Waals surface area (Å²) < 4.78 is 27.4. The van der Waals surface area contributed by atoms with Crippen molar-refractivity contribution in [2.24, 2.45) is 0 Å². The number of rotatable bonds is 4. The summed E-state index contributed by atoms with van der Waals surface area (Å²) in [5, 5.41) is 0. The number of anilines is 1. The third-order valence-corrected chi connectivity index (χ3v) is 5.96. The molecular weight excluding hydrogens is 296 g/mol. The Morgan fingerprint density at radius 3 is 2.55 bits per heavy atom. The summed E-state index contributed by atoms with van der Waals surface area (Å²) in [6, 6.07) is 5.63. The zero-order chi connectivity index (χ0) is 14.9. The molecule has 0 aliphatic heterocycles. The number of para-hydroxylation sites is 1. The van der Waals surface area contributed by atoms with Gasteiger partial charge in [-0.05, 0) is 31.4 Å². The summed E-state index contributed by atoms with van der Waals surface area (Å²) >= 11 is 0.698. The van der Waals surface area contributed by atoms with Crippen LogP contribution in [0.25, 0.3) is 0 Å². The molecular formula is C13H16N2O3S2. The van der Waals surface area contributed by atoms with Crippen LogP contribution in [0.15, 0.2) is 27.2 Å². The van der Waals surface area contributed by atoms with Crippen LogP contribution in [0.4, 0.5) is 5.69 Å². The second-order valence-electron chi connectivity index (χ2n) is 4.50. The van der Waals surface area contributed by atoms with Gasteiger partial charge in [-0.25, -0.2) is 8.42 Å². The molecule has 2 rings (SSSR count). The highest BCUT2D eigenvalue weighted by atomic mass is 32.2. The maximum Gasteiger partial charge on any atom is 0.306 e. The predicted molar refractivity (Wildman–Crippen MR) is 81.0 cm³/mol. The average Bonchev–Trinajstić information content (AvgIpc) is 2.72. The van der Waals surface area contributed by atoms with Crippen LogP contribution in [0, 0.1) is 13.8 Å². The van der Waals surface area contributed by atoms with Crippen LogP contribution in [-0.2, 0) is 16.4 Å². The lowest BCUT2D eigenvalue weighted by molar-refractivity contribution is 0.602. The van der Waals surface area contributed by atoms with Gasteiger partial charge in [0.25, 0.3) is 10.0 Å². The zero-order valence-corrected chi connectivity index (χ0v) is 13.1. The van der Waals surface area contributed by atoms with E-state index in [1.807, 2.05) is 32.0 Å². The van der Waals surface area contributed by atoms with E-state index in [2.05, 4.69) is 9.71 Å². The predicted octanol–water partition coefficient (Wildman–Crippen LogP) is 2.42. The normalized spacial score (nSPS) is 11.6. The summed E-state index contributed by atoms with van der Waals surface area (Å²) in [5.74, 6) is 0. The zero-order valence-electron chi connectivity index (χ0n) is 11.5. The number of hydrogen-bond donors (Lipinski definition) is 2. The van der Waals surface area contributed by atoms with Crippen LogP contribution in [0.5, 0.6) is 0 Å². The monoisotopic (exact) mass is 312 g/mol. The smallest absolute Gasteiger partial charge is 0.306 e. The first-order valence-electron chi connectivity index (χ1n) is 6.16. The molecule has 0 saturated heterocycles. The number of nitrogens with one attached hydrogen (secondary N) is 2. The van der Waals surface area contributed by atoms with E-state index in [0.29, 0.717) is 22.7 Å². The Kier molecular flexibility index (Phi) is 4.01. The van der Waals surface area contributed by atoms with Crippen LogP contribution in [0.2, 0.25) is 0 Å². The fourth-order valence-corrected chi connectivity index (χ4v) is 4.47. The molecule has 0 radical (unpaired) electrons. The van der Waals surface area contributed by atoms with Crippen LogP contribution in [0.3, 0.4) is 0 Å². The Bertz CT molecular complexity index is 788. The molecule has 0 aliphatic carbocycles. The molecule has 108 valence electrons. The summed E-state index contributed by atoms with van der Waals surface area (Å²) in [5.41, 5.74) is 2.73. The van der Waals surface area contributed by atoms with Gasteiger partial charge in [0.15, 0.2) is 4.21 Å². The number of aryl methyl sites for hydroxylation is 3. The van der Waals surface area contributed by atoms with Crippen LogP contribution in [0.1, 0.15) is 23.7 Å². The van der Waals surface area contributed by atoms with Crippen molar-refractivity contribution < 1.29 is 8.42 Å². The molecule has 1 aromatic heterocycles. The second kappa shape index (κ2) is 5.41. The number of H-pyrrole nitrogens is 1.